The van der Waals surface area contributed by atoms with E-state index in [1.165, 1.54) is 48.9 Å². The van der Waals surface area contributed by atoms with Crippen LogP contribution in [0, 0.1) is 13.8 Å². The molecule has 1 aliphatic heterocycles. The Labute approximate surface area is 118 Å². The minimum absolute atomic E-state index is 0.144. The van der Waals surface area contributed by atoms with E-state index in [-0.39, 0.29) is 6.04 Å². The topological polar surface area (TPSA) is 29.3 Å². The highest BCUT2D eigenvalue weighted by molar-refractivity contribution is 5.30. The van der Waals surface area contributed by atoms with Crippen molar-refractivity contribution in [3.05, 3.63) is 34.9 Å². The van der Waals surface area contributed by atoms with Gasteiger partial charge in [0.25, 0.3) is 0 Å². The molecular formula is C17H28N2. The van der Waals surface area contributed by atoms with Crippen LogP contribution >= 0.6 is 0 Å². The third-order valence-corrected chi connectivity index (χ3v) is 4.32. The monoisotopic (exact) mass is 260 g/mol. The molecule has 1 saturated heterocycles. The average Bonchev–Trinajstić information content (AvgIpc) is 2.38. The first-order valence-corrected chi connectivity index (χ1v) is 7.68. The predicted molar refractivity (Wildman–Crippen MR) is 82.3 cm³/mol. The highest BCUT2D eigenvalue weighted by Gasteiger charge is 2.22. The van der Waals surface area contributed by atoms with Crippen molar-refractivity contribution in [3.8, 4) is 0 Å². The van der Waals surface area contributed by atoms with Gasteiger partial charge in [-0.3, -0.25) is 4.90 Å². The number of hydrogen-bond acceptors (Lipinski definition) is 2. The third kappa shape index (κ3) is 3.80. The Morgan fingerprint density at radius 3 is 2.53 bits per heavy atom. The lowest BCUT2D eigenvalue weighted by Crippen LogP contribution is -2.43. The summed E-state index contributed by atoms with van der Waals surface area (Å²) in [5.74, 6) is 0. The number of piperidine rings is 1. The summed E-state index contributed by atoms with van der Waals surface area (Å²) in [6.45, 7) is 8.82. The molecule has 0 amide bonds. The maximum absolute atomic E-state index is 6.44. The number of rotatable bonds is 4. The molecule has 0 bridgehead atoms. The second-order valence-electron chi connectivity index (χ2n) is 6.08. The molecule has 0 aromatic heterocycles. The van der Waals surface area contributed by atoms with E-state index < -0.39 is 0 Å². The predicted octanol–water partition coefficient (Wildman–Crippen LogP) is 3.57. The van der Waals surface area contributed by atoms with Gasteiger partial charge in [0, 0.05) is 18.6 Å². The fraction of sp³-hybridized carbons (Fsp3) is 0.647. The summed E-state index contributed by atoms with van der Waals surface area (Å²) in [4.78, 5) is 2.60. The Bertz CT molecular complexity index is 393. The van der Waals surface area contributed by atoms with Crippen LogP contribution in [0.5, 0.6) is 0 Å². The molecular weight excluding hydrogens is 232 g/mol. The first-order chi connectivity index (χ1) is 9.10. The van der Waals surface area contributed by atoms with Crippen molar-refractivity contribution >= 4 is 0 Å². The van der Waals surface area contributed by atoms with Crippen molar-refractivity contribution in [2.45, 2.75) is 58.5 Å². The van der Waals surface area contributed by atoms with E-state index in [0.29, 0.717) is 0 Å². The van der Waals surface area contributed by atoms with Crippen LogP contribution < -0.4 is 5.73 Å². The van der Waals surface area contributed by atoms with E-state index in [1.807, 2.05) is 0 Å². The molecule has 2 nitrogen and oxygen atoms in total. The normalized spacial score (nSPS) is 22.4. The van der Waals surface area contributed by atoms with Gasteiger partial charge < -0.3 is 5.73 Å². The maximum Gasteiger partial charge on any atom is 0.0424 e. The van der Waals surface area contributed by atoms with Gasteiger partial charge in [0.1, 0.15) is 0 Å². The minimum atomic E-state index is 0.144. The summed E-state index contributed by atoms with van der Waals surface area (Å²) in [6, 6.07) is 7.58. The zero-order valence-electron chi connectivity index (χ0n) is 12.7. The molecule has 0 spiro atoms. The summed E-state index contributed by atoms with van der Waals surface area (Å²) in [5, 5.41) is 0. The van der Waals surface area contributed by atoms with Crippen LogP contribution in [0.3, 0.4) is 0 Å². The van der Waals surface area contributed by atoms with E-state index in [2.05, 4.69) is 43.9 Å². The SMILES string of the molecule is CCC1CCCCN1CC(N)c1cc(C)cc(C)c1. The second kappa shape index (κ2) is 6.53. The average molecular weight is 260 g/mol. The molecule has 1 fully saturated rings. The molecule has 1 aromatic rings. The van der Waals surface area contributed by atoms with Crippen LogP contribution in [0.2, 0.25) is 0 Å². The van der Waals surface area contributed by atoms with Gasteiger partial charge >= 0.3 is 0 Å². The Hall–Kier alpha value is -0.860. The standard InChI is InChI=1S/C17H28N2/c1-4-16-7-5-6-8-19(16)12-17(18)15-10-13(2)9-14(3)11-15/h9-11,16-17H,4-8,12,18H2,1-3H3. The summed E-state index contributed by atoms with van der Waals surface area (Å²) in [7, 11) is 0. The summed E-state index contributed by atoms with van der Waals surface area (Å²) in [6.07, 6.45) is 5.31. The molecule has 2 N–H and O–H groups in total. The zero-order chi connectivity index (χ0) is 13.8. The highest BCUT2D eigenvalue weighted by Crippen LogP contribution is 2.23. The first kappa shape index (κ1) is 14.5. The smallest absolute Gasteiger partial charge is 0.0424 e. The van der Waals surface area contributed by atoms with Gasteiger partial charge in [0.15, 0.2) is 0 Å². The molecule has 2 unspecified atom stereocenters. The summed E-state index contributed by atoms with van der Waals surface area (Å²) in [5.41, 5.74) is 10.4. The Kier molecular flexibility index (Phi) is 5.00. The number of benzene rings is 1. The van der Waals surface area contributed by atoms with Gasteiger partial charge in [-0.2, -0.15) is 0 Å². The van der Waals surface area contributed by atoms with Gasteiger partial charge in [-0.05, 0) is 45.2 Å². The molecule has 1 heterocycles. The molecule has 1 aliphatic rings. The molecule has 106 valence electrons. The molecule has 0 radical (unpaired) electrons. The van der Waals surface area contributed by atoms with Crippen LogP contribution in [0.4, 0.5) is 0 Å². The van der Waals surface area contributed by atoms with Crippen LogP contribution in [0.1, 0.15) is 55.3 Å². The maximum atomic E-state index is 6.44. The summed E-state index contributed by atoms with van der Waals surface area (Å²) >= 11 is 0. The molecule has 2 heteroatoms. The van der Waals surface area contributed by atoms with E-state index in [9.17, 15) is 0 Å². The molecule has 2 atom stereocenters. The van der Waals surface area contributed by atoms with Crippen molar-refractivity contribution in [2.75, 3.05) is 13.1 Å². The zero-order valence-corrected chi connectivity index (χ0v) is 12.7. The number of nitrogens with two attached hydrogens (primary N) is 1. The number of likely N-dealkylation sites (tertiary alicyclic amines) is 1. The van der Waals surface area contributed by atoms with Gasteiger partial charge in [-0.15, -0.1) is 0 Å². The van der Waals surface area contributed by atoms with E-state index >= 15 is 0 Å². The molecule has 0 saturated carbocycles. The fourth-order valence-corrected chi connectivity index (χ4v) is 3.34. The van der Waals surface area contributed by atoms with Gasteiger partial charge in [0.05, 0.1) is 0 Å². The van der Waals surface area contributed by atoms with Crippen LogP contribution in [-0.2, 0) is 0 Å². The van der Waals surface area contributed by atoms with Gasteiger partial charge in [0.2, 0.25) is 0 Å². The van der Waals surface area contributed by atoms with Crippen molar-refractivity contribution in [1.82, 2.24) is 4.90 Å². The fourth-order valence-electron chi connectivity index (χ4n) is 3.34. The Morgan fingerprint density at radius 1 is 1.21 bits per heavy atom. The quantitative estimate of drug-likeness (QED) is 0.896. The van der Waals surface area contributed by atoms with Crippen molar-refractivity contribution in [1.29, 1.82) is 0 Å². The van der Waals surface area contributed by atoms with E-state index in [4.69, 9.17) is 5.73 Å². The number of aryl methyl sites for hydroxylation is 2. The van der Waals surface area contributed by atoms with Crippen LogP contribution in [0.25, 0.3) is 0 Å². The second-order valence-corrected chi connectivity index (χ2v) is 6.08. The van der Waals surface area contributed by atoms with Crippen LogP contribution in [-0.4, -0.2) is 24.0 Å². The molecule has 19 heavy (non-hydrogen) atoms. The first-order valence-electron chi connectivity index (χ1n) is 7.68. The van der Waals surface area contributed by atoms with Gasteiger partial charge in [-0.1, -0.05) is 42.7 Å². The highest BCUT2D eigenvalue weighted by atomic mass is 15.2. The number of hydrogen-bond donors (Lipinski definition) is 1. The van der Waals surface area contributed by atoms with Crippen molar-refractivity contribution < 1.29 is 0 Å². The van der Waals surface area contributed by atoms with E-state index in [1.54, 1.807) is 0 Å². The molecule has 1 aromatic carbocycles. The van der Waals surface area contributed by atoms with Crippen molar-refractivity contribution in [2.24, 2.45) is 5.73 Å². The molecule has 2 rings (SSSR count). The van der Waals surface area contributed by atoms with Crippen molar-refractivity contribution in [3.63, 3.8) is 0 Å². The van der Waals surface area contributed by atoms with Gasteiger partial charge in [-0.25, -0.2) is 0 Å². The Morgan fingerprint density at radius 2 is 1.89 bits per heavy atom. The lowest BCUT2D eigenvalue weighted by molar-refractivity contribution is 0.136. The van der Waals surface area contributed by atoms with E-state index in [0.717, 1.165) is 12.6 Å². The largest absolute Gasteiger partial charge is 0.323 e. The minimum Gasteiger partial charge on any atom is -0.323 e. The Balaban J connectivity index is 2.04. The lowest BCUT2D eigenvalue weighted by Gasteiger charge is -2.36. The lowest BCUT2D eigenvalue weighted by atomic mass is 9.97. The third-order valence-electron chi connectivity index (χ3n) is 4.32. The number of nitrogens with zero attached hydrogens (tertiary/aromatic N) is 1. The summed E-state index contributed by atoms with van der Waals surface area (Å²) < 4.78 is 0. The molecule has 0 aliphatic carbocycles. The van der Waals surface area contributed by atoms with Crippen LogP contribution in [0.15, 0.2) is 18.2 Å².